The van der Waals surface area contributed by atoms with Gasteiger partial charge in [-0.15, -0.1) is 11.8 Å². The van der Waals surface area contributed by atoms with Gasteiger partial charge in [-0.25, -0.2) is 9.97 Å². The molecule has 0 aliphatic carbocycles. The monoisotopic (exact) mass is 416 g/mol. The topological polar surface area (TPSA) is 70.5 Å². The molecule has 0 N–H and O–H groups in total. The Hall–Kier alpha value is -2.12. The third-order valence-corrected chi connectivity index (χ3v) is 5.78. The Labute approximate surface area is 176 Å². The number of nitrogens with zero attached hydrogens (tertiary/aromatic N) is 2. The van der Waals surface area contributed by atoms with Crippen LogP contribution in [0, 0.1) is 0 Å². The van der Waals surface area contributed by atoms with Gasteiger partial charge in [0.2, 0.25) is 0 Å². The molecule has 0 saturated heterocycles. The van der Waals surface area contributed by atoms with Crippen molar-refractivity contribution in [3.05, 3.63) is 35.5 Å². The molecule has 0 spiro atoms. The number of hydrogen-bond donors (Lipinski definition) is 0. The predicted molar refractivity (Wildman–Crippen MR) is 113 cm³/mol. The molecule has 0 amide bonds. The van der Waals surface area contributed by atoms with E-state index in [4.69, 9.17) is 24.2 Å². The zero-order valence-electron chi connectivity index (χ0n) is 17.5. The van der Waals surface area contributed by atoms with Crippen molar-refractivity contribution in [1.82, 2.24) is 9.97 Å². The first-order valence-electron chi connectivity index (χ1n) is 9.88. The summed E-state index contributed by atoms with van der Waals surface area (Å²) >= 11 is 1.65. The molecule has 0 unspecified atom stereocenters. The molecule has 0 saturated carbocycles. The Morgan fingerprint density at radius 2 is 2.00 bits per heavy atom. The van der Waals surface area contributed by atoms with Gasteiger partial charge in [0.1, 0.15) is 10.8 Å². The maximum Gasteiger partial charge on any atom is 0.305 e. The molecule has 156 valence electrons. The Bertz CT molecular complexity index is 853. The Balaban J connectivity index is 1.82. The number of esters is 1. The highest BCUT2D eigenvalue weighted by atomic mass is 32.2. The van der Waals surface area contributed by atoms with Gasteiger partial charge < -0.3 is 14.2 Å². The summed E-state index contributed by atoms with van der Waals surface area (Å²) in [6, 6.07) is 7.77. The fourth-order valence-electron chi connectivity index (χ4n) is 3.13. The lowest BCUT2D eigenvalue weighted by Gasteiger charge is -2.32. The molecule has 7 heteroatoms. The van der Waals surface area contributed by atoms with Crippen molar-refractivity contribution < 1.29 is 19.0 Å². The lowest BCUT2D eigenvalue weighted by molar-refractivity contribution is -0.143. The molecule has 0 fully saturated rings. The summed E-state index contributed by atoms with van der Waals surface area (Å²) in [4.78, 5) is 21.2. The normalized spacial score (nSPS) is 14.9. The van der Waals surface area contributed by atoms with Crippen molar-refractivity contribution in [3.63, 3.8) is 0 Å². The number of fused-ring (bicyclic) bond motifs is 1. The van der Waals surface area contributed by atoms with Gasteiger partial charge in [0.05, 0.1) is 31.6 Å². The standard InChI is InChI=1S/C22H28N2O4S/c1-5-27-19(25)7-6-12-29-21-17-14-28-22(2,3)13-18(17)23-20(24-21)15-8-10-16(26-4)11-9-15/h8-11H,5-7,12-14H2,1-4H3. The average molecular weight is 417 g/mol. The van der Waals surface area contributed by atoms with Gasteiger partial charge in [-0.3, -0.25) is 4.79 Å². The number of methoxy groups -OCH3 is 1. The predicted octanol–water partition coefficient (Wildman–Crippen LogP) is 4.44. The van der Waals surface area contributed by atoms with Gasteiger partial charge in [0.15, 0.2) is 5.82 Å². The first kappa shape index (κ1) is 21.6. The number of rotatable bonds is 8. The second kappa shape index (κ2) is 9.59. The van der Waals surface area contributed by atoms with Gasteiger partial charge in [-0.1, -0.05) is 0 Å². The number of thioether (sulfide) groups is 1. The van der Waals surface area contributed by atoms with Crippen LogP contribution in [0.5, 0.6) is 5.75 Å². The number of hydrogen-bond acceptors (Lipinski definition) is 7. The van der Waals surface area contributed by atoms with E-state index < -0.39 is 0 Å². The highest BCUT2D eigenvalue weighted by Crippen LogP contribution is 2.34. The summed E-state index contributed by atoms with van der Waals surface area (Å²) in [6.07, 6.45) is 1.90. The fourth-order valence-corrected chi connectivity index (χ4v) is 4.11. The molecule has 1 aromatic heterocycles. The van der Waals surface area contributed by atoms with Crippen molar-refractivity contribution in [2.45, 2.75) is 57.3 Å². The quantitative estimate of drug-likeness (QED) is 0.273. The van der Waals surface area contributed by atoms with E-state index in [2.05, 4.69) is 13.8 Å². The lowest BCUT2D eigenvalue weighted by Crippen LogP contribution is -2.33. The zero-order chi connectivity index (χ0) is 20.9. The van der Waals surface area contributed by atoms with E-state index in [1.165, 1.54) is 0 Å². The number of aromatic nitrogens is 2. The molecular formula is C22H28N2O4S. The van der Waals surface area contributed by atoms with E-state index in [1.54, 1.807) is 18.9 Å². The van der Waals surface area contributed by atoms with E-state index >= 15 is 0 Å². The van der Waals surface area contributed by atoms with Crippen LogP contribution in [0.15, 0.2) is 29.3 Å². The first-order valence-corrected chi connectivity index (χ1v) is 10.9. The molecule has 2 aromatic rings. The molecule has 0 radical (unpaired) electrons. The van der Waals surface area contributed by atoms with Crippen LogP contribution >= 0.6 is 11.8 Å². The highest BCUT2D eigenvalue weighted by Gasteiger charge is 2.30. The molecule has 0 bridgehead atoms. The lowest BCUT2D eigenvalue weighted by atomic mass is 9.96. The second-order valence-electron chi connectivity index (χ2n) is 7.49. The molecule has 1 aromatic carbocycles. The van der Waals surface area contributed by atoms with Crippen LogP contribution in [0.1, 0.15) is 44.9 Å². The molecule has 3 rings (SSSR count). The minimum Gasteiger partial charge on any atom is -0.497 e. The van der Waals surface area contributed by atoms with Crippen LogP contribution in [-0.4, -0.2) is 41.0 Å². The van der Waals surface area contributed by atoms with Crippen LogP contribution < -0.4 is 4.74 Å². The van der Waals surface area contributed by atoms with Gasteiger partial charge in [0.25, 0.3) is 0 Å². The van der Waals surface area contributed by atoms with E-state index in [0.29, 0.717) is 25.5 Å². The molecule has 6 nitrogen and oxygen atoms in total. The summed E-state index contributed by atoms with van der Waals surface area (Å²) < 4.78 is 16.2. The van der Waals surface area contributed by atoms with Crippen LogP contribution in [-0.2, 0) is 27.3 Å². The Morgan fingerprint density at radius 1 is 1.24 bits per heavy atom. The van der Waals surface area contributed by atoms with Gasteiger partial charge in [0, 0.05) is 29.7 Å². The summed E-state index contributed by atoms with van der Waals surface area (Å²) in [5, 5.41) is 0.931. The van der Waals surface area contributed by atoms with Gasteiger partial charge >= 0.3 is 5.97 Å². The van der Waals surface area contributed by atoms with Crippen LogP contribution in [0.25, 0.3) is 11.4 Å². The Morgan fingerprint density at radius 3 is 2.69 bits per heavy atom. The fraction of sp³-hybridized carbons (Fsp3) is 0.500. The second-order valence-corrected chi connectivity index (χ2v) is 8.57. The number of ether oxygens (including phenoxy) is 3. The SMILES string of the molecule is CCOC(=O)CCCSc1nc(-c2ccc(OC)cc2)nc2c1COC(C)(C)C2. The van der Waals surface area contributed by atoms with E-state index in [9.17, 15) is 4.79 Å². The maximum absolute atomic E-state index is 11.6. The molecule has 1 aliphatic rings. The van der Waals surface area contributed by atoms with Crippen molar-refractivity contribution in [2.75, 3.05) is 19.5 Å². The highest BCUT2D eigenvalue weighted by molar-refractivity contribution is 7.99. The minimum atomic E-state index is -0.246. The van der Waals surface area contributed by atoms with Crippen molar-refractivity contribution in [3.8, 4) is 17.1 Å². The summed E-state index contributed by atoms with van der Waals surface area (Å²) in [6.45, 7) is 6.91. The van der Waals surface area contributed by atoms with Crippen molar-refractivity contribution in [1.29, 1.82) is 0 Å². The van der Waals surface area contributed by atoms with E-state index in [0.717, 1.165) is 46.2 Å². The smallest absolute Gasteiger partial charge is 0.305 e. The average Bonchev–Trinajstić information content (AvgIpc) is 2.70. The summed E-state index contributed by atoms with van der Waals surface area (Å²) in [5.41, 5.74) is 2.80. The Kier molecular flexibility index (Phi) is 7.14. The molecule has 29 heavy (non-hydrogen) atoms. The largest absolute Gasteiger partial charge is 0.497 e. The zero-order valence-corrected chi connectivity index (χ0v) is 18.3. The molecule has 1 aliphatic heterocycles. The van der Waals surface area contributed by atoms with Gasteiger partial charge in [-0.05, 0) is 51.5 Å². The van der Waals surface area contributed by atoms with Gasteiger partial charge in [-0.2, -0.15) is 0 Å². The van der Waals surface area contributed by atoms with E-state index in [1.807, 2.05) is 31.2 Å². The van der Waals surface area contributed by atoms with Crippen LogP contribution in [0.4, 0.5) is 0 Å². The summed E-state index contributed by atoms with van der Waals surface area (Å²) in [5.74, 6) is 2.14. The van der Waals surface area contributed by atoms with Crippen LogP contribution in [0.2, 0.25) is 0 Å². The maximum atomic E-state index is 11.6. The third kappa shape index (κ3) is 5.70. The number of benzene rings is 1. The van der Waals surface area contributed by atoms with Crippen molar-refractivity contribution >= 4 is 17.7 Å². The molecule has 0 atom stereocenters. The number of carbonyl (C=O) groups is 1. The minimum absolute atomic E-state index is 0.151. The van der Waals surface area contributed by atoms with E-state index in [-0.39, 0.29) is 11.6 Å². The molecule has 2 heterocycles. The summed E-state index contributed by atoms with van der Waals surface area (Å²) in [7, 11) is 1.65. The van der Waals surface area contributed by atoms with Crippen molar-refractivity contribution in [2.24, 2.45) is 0 Å². The molecular weight excluding hydrogens is 388 g/mol. The van der Waals surface area contributed by atoms with Crippen LogP contribution in [0.3, 0.4) is 0 Å². The first-order chi connectivity index (χ1) is 13.9. The third-order valence-electron chi connectivity index (χ3n) is 4.67. The number of carbonyl (C=O) groups excluding carboxylic acids is 1.